The Hall–Kier alpha value is -2.28. The zero-order valence-corrected chi connectivity index (χ0v) is 11.7. The molecule has 0 heterocycles. The number of ether oxygens (including phenoxy) is 1. The van der Waals surface area contributed by atoms with Crippen molar-refractivity contribution >= 4 is 0 Å². The van der Waals surface area contributed by atoms with Crippen LogP contribution in [0.15, 0.2) is 67.8 Å². The van der Waals surface area contributed by atoms with Gasteiger partial charge < -0.3 is 4.74 Å². The Labute approximate surface area is 120 Å². The molecule has 100 valence electrons. The summed E-state index contributed by atoms with van der Waals surface area (Å²) in [6.07, 6.45) is 4.48. The number of rotatable bonds is 4. The lowest BCUT2D eigenvalue weighted by Crippen LogP contribution is -2.26. The molecule has 0 bridgehead atoms. The Bertz CT molecular complexity index is 674. The lowest BCUT2D eigenvalue weighted by molar-refractivity contribution is 0.192. The highest BCUT2D eigenvalue weighted by molar-refractivity contribution is 5.79. The van der Waals surface area contributed by atoms with Crippen molar-refractivity contribution < 1.29 is 4.74 Å². The van der Waals surface area contributed by atoms with Crippen LogP contribution in [0.4, 0.5) is 0 Å². The Kier molecular flexibility index (Phi) is 2.98. The van der Waals surface area contributed by atoms with E-state index in [1.165, 1.54) is 22.3 Å². The fourth-order valence-electron chi connectivity index (χ4n) is 2.63. The molecule has 1 aliphatic carbocycles. The monoisotopic (exact) mass is 262 g/mol. The first-order valence-electron chi connectivity index (χ1n) is 6.83. The van der Waals surface area contributed by atoms with Crippen LogP contribution in [0.1, 0.15) is 18.1 Å². The van der Waals surface area contributed by atoms with Crippen LogP contribution >= 0.6 is 0 Å². The minimum atomic E-state index is -0.538. The van der Waals surface area contributed by atoms with Crippen LogP contribution in [0.25, 0.3) is 11.1 Å². The summed E-state index contributed by atoms with van der Waals surface area (Å²) in [5.74, 6) is 0.918. The Balaban J connectivity index is 2.06. The standard InChI is InChI=1S/C19H18O/c1-4-19(3,5-2)20-18-12-8-11-16-15-10-7-6-9-14(15)13-17(16)18/h4-12H,1-2,13H2,3H3. The fraction of sp³-hybridized carbons (Fsp3) is 0.158. The van der Waals surface area contributed by atoms with E-state index in [1.807, 2.05) is 19.1 Å². The minimum absolute atomic E-state index is 0.538. The van der Waals surface area contributed by atoms with Gasteiger partial charge in [-0.1, -0.05) is 49.6 Å². The van der Waals surface area contributed by atoms with Gasteiger partial charge >= 0.3 is 0 Å². The number of benzene rings is 2. The van der Waals surface area contributed by atoms with Crippen LogP contribution in [0.5, 0.6) is 5.75 Å². The maximum Gasteiger partial charge on any atom is 0.142 e. The first kappa shape index (κ1) is 12.7. The molecule has 1 nitrogen and oxygen atoms in total. The van der Waals surface area contributed by atoms with Crippen molar-refractivity contribution in [2.75, 3.05) is 0 Å². The van der Waals surface area contributed by atoms with Gasteiger partial charge in [-0.25, -0.2) is 0 Å². The van der Waals surface area contributed by atoms with Gasteiger partial charge in [-0.2, -0.15) is 0 Å². The van der Waals surface area contributed by atoms with Crippen molar-refractivity contribution in [3.05, 3.63) is 78.9 Å². The van der Waals surface area contributed by atoms with Crippen molar-refractivity contribution in [2.45, 2.75) is 18.9 Å². The molecule has 0 fully saturated rings. The minimum Gasteiger partial charge on any atom is -0.479 e. The summed E-state index contributed by atoms with van der Waals surface area (Å²) in [6.45, 7) is 9.64. The highest BCUT2D eigenvalue weighted by Crippen LogP contribution is 2.41. The zero-order valence-electron chi connectivity index (χ0n) is 11.7. The molecule has 3 rings (SSSR count). The molecular formula is C19H18O. The Morgan fingerprint density at radius 1 is 1.00 bits per heavy atom. The van der Waals surface area contributed by atoms with Crippen LogP contribution in [0.2, 0.25) is 0 Å². The maximum atomic E-state index is 6.14. The van der Waals surface area contributed by atoms with Gasteiger partial charge in [0.25, 0.3) is 0 Å². The molecule has 0 amide bonds. The highest BCUT2D eigenvalue weighted by atomic mass is 16.5. The van der Waals surface area contributed by atoms with Gasteiger partial charge in [-0.3, -0.25) is 0 Å². The van der Waals surface area contributed by atoms with E-state index in [-0.39, 0.29) is 0 Å². The van der Waals surface area contributed by atoms with Crippen molar-refractivity contribution in [2.24, 2.45) is 0 Å². The third kappa shape index (κ3) is 1.96. The topological polar surface area (TPSA) is 9.23 Å². The SMILES string of the molecule is C=CC(C)(C=C)Oc1cccc2c1Cc1ccccc1-2. The molecular weight excluding hydrogens is 244 g/mol. The molecule has 2 aromatic rings. The van der Waals surface area contributed by atoms with Crippen LogP contribution in [0.3, 0.4) is 0 Å². The second kappa shape index (κ2) is 4.68. The van der Waals surface area contributed by atoms with Gasteiger partial charge in [0.15, 0.2) is 0 Å². The molecule has 0 saturated carbocycles. The predicted octanol–water partition coefficient (Wildman–Crippen LogP) is 4.77. The summed E-state index contributed by atoms with van der Waals surface area (Å²) < 4.78 is 6.14. The molecule has 0 aromatic heterocycles. The molecule has 20 heavy (non-hydrogen) atoms. The number of fused-ring (bicyclic) bond motifs is 3. The smallest absolute Gasteiger partial charge is 0.142 e. The summed E-state index contributed by atoms with van der Waals surface area (Å²) in [6, 6.07) is 14.7. The van der Waals surface area contributed by atoms with E-state index in [9.17, 15) is 0 Å². The first-order chi connectivity index (χ1) is 9.67. The molecule has 1 heteroatoms. The summed E-state index contributed by atoms with van der Waals surface area (Å²) in [5, 5.41) is 0. The van der Waals surface area contributed by atoms with Crippen LogP contribution in [0, 0.1) is 0 Å². The van der Waals surface area contributed by atoms with Crippen molar-refractivity contribution in [3.8, 4) is 16.9 Å². The number of hydrogen-bond donors (Lipinski definition) is 0. The van der Waals surface area contributed by atoms with E-state index in [0.29, 0.717) is 0 Å². The van der Waals surface area contributed by atoms with Gasteiger partial charge in [0, 0.05) is 12.0 Å². The Morgan fingerprint density at radius 2 is 1.70 bits per heavy atom. The second-order valence-electron chi connectivity index (χ2n) is 5.31. The third-order valence-corrected chi connectivity index (χ3v) is 3.95. The highest BCUT2D eigenvalue weighted by Gasteiger charge is 2.25. The number of hydrogen-bond acceptors (Lipinski definition) is 1. The van der Waals surface area contributed by atoms with E-state index < -0.39 is 5.60 Å². The average molecular weight is 262 g/mol. The van der Waals surface area contributed by atoms with Gasteiger partial charge in [0.05, 0.1) is 0 Å². The second-order valence-corrected chi connectivity index (χ2v) is 5.31. The fourth-order valence-corrected chi connectivity index (χ4v) is 2.63. The molecule has 0 saturated heterocycles. The summed E-state index contributed by atoms with van der Waals surface area (Å²) in [4.78, 5) is 0. The van der Waals surface area contributed by atoms with Crippen LogP contribution in [-0.2, 0) is 6.42 Å². The zero-order chi connectivity index (χ0) is 14.2. The van der Waals surface area contributed by atoms with E-state index in [4.69, 9.17) is 4.74 Å². The molecule has 0 aliphatic heterocycles. The first-order valence-corrected chi connectivity index (χ1v) is 6.83. The van der Waals surface area contributed by atoms with E-state index in [2.05, 4.69) is 43.5 Å². The summed E-state index contributed by atoms with van der Waals surface area (Å²) >= 11 is 0. The van der Waals surface area contributed by atoms with Gasteiger partial charge in [-0.15, -0.1) is 0 Å². The van der Waals surface area contributed by atoms with Crippen LogP contribution < -0.4 is 4.74 Å². The molecule has 0 radical (unpaired) electrons. The molecule has 0 spiro atoms. The largest absolute Gasteiger partial charge is 0.479 e. The summed E-state index contributed by atoms with van der Waals surface area (Å²) in [5.41, 5.74) is 4.66. The van der Waals surface area contributed by atoms with Crippen molar-refractivity contribution in [1.29, 1.82) is 0 Å². The normalized spacial score (nSPS) is 12.4. The average Bonchev–Trinajstić information content (AvgIpc) is 2.87. The van der Waals surface area contributed by atoms with Crippen molar-refractivity contribution in [3.63, 3.8) is 0 Å². The quantitative estimate of drug-likeness (QED) is 0.615. The third-order valence-electron chi connectivity index (χ3n) is 3.95. The maximum absolute atomic E-state index is 6.14. The molecule has 0 atom stereocenters. The summed E-state index contributed by atoms with van der Waals surface area (Å²) in [7, 11) is 0. The Morgan fingerprint density at radius 3 is 2.45 bits per heavy atom. The molecule has 0 unspecified atom stereocenters. The lowest BCUT2D eigenvalue weighted by atomic mass is 10.0. The molecule has 2 aromatic carbocycles. The molecule has 0 N–H and O–H groups in total. The van der Waals surface area contributed by atoms with Gasteiger partial charge in [-0.05, 0) is 41.8 Å². The van der Waals surface area contributed by atoms with E-state index in [1.54, 1.807) is 12.2 Å². The van der Waals surface area contributed by atoms with E-state index in [0.717, 1.165) is 12.2 Å². The van der Waals surface area contributed by atoms with Gasteiger partial charge in [0.2, 0.25) is 0 Å². The lowest BCUT2D eigenvalue weighted by Gasteiger charge is -2.25. The molecule has 1 aliphatic rings. The van der Waals surface area contributed by atoms with Crippen molar-refractivity contribution in [1.82, 2.24) is 0 Å². The predicted molar refractivity (Wildman–Crippen MR) is 84.1 cm³/mol. The van der Waals surface area contributed by atoms with Gasteiger partial charge in [0.1, 0.15) is 11.4 Å². The van der Waals surface area contributed by atoms with E-state index >= 15 is 0 Å². The van der Waals surface area contributed by atoms with Crippen LogP contribution in [-0.4, -0.2) is 5.60 Å².